The van der Waals surface area contributed by atoms with Crippen LogP contribution in [0.25, 0.3) is 0 Å². The topological polar surface area (TPSA) is 32.3 Å². The summed E-state index contributed by atoms with van der Waals surface area (Å²) < 4.78 is 0. The number of aryl methyl sites for hydroxylation is 1. The lowest BCUT2D eigenvalue weighted by Crippen LogP contribution is -2.40. The van der Waals surface area contributed by atoms with Gasteiger partial charge in [-0.1, -0.05) is 25.8 Å². The van der Waals surface area contributed by atoms with Crippen molar-refractivity contribution in [1.82, 2.24) is 4.90 Å². The first kappa shape index (κ1) is 14.9. The van der Waals surface area contributed by atoms with Gasteiger partial charge >= 0.3 is 0 Å². The molecule has 3 nitrogen and oxygen atoms in total. The molecule has 0 aromatic heterocycles. The van der Waals surface area contributed by atoms with E-state index >= 15 is 0 Å². The molecule has 1 N–H and O–H groups in total. The van der Waals surface area contributed by atoms with Crippen LogP contribution in [0, 0.1) is 12.8 Å². The molecule has 0 saturated heterocycles. The number of nitrogens with zero attached hydrogens (tertiary/aromatic N) is 1. The van der Waals surface area contributed by atoms with Gasteiger partial charge in [-0.15, -0.1) is 0 Å². The molecule has 1 aliphatic carbocycles. The second-order valence-electron chi connectivity index (χ2n) is 6.14. The third-order valence-electron chi connectivity index (χ3n) is 4.45. The van der Waals surface area contributed by atoms with Crippen LogP contribution in [0.2, 0.25) is 0 Å². The summed E-state index contributed by atoms with van der Waals surface area (Å²) in [6, 6.07) is 6.36. The van der Waals surface area contributed by atoms with Gasteiger partial charge < -0.3 is 10.2 Å². The van der Waals surface area contributed by atoms with Crippen molar-refractivity contribution in [2.75, 3.05) is 19.4 Å². The molecule has 1 fully saturated rings. The van der Waals surface area contributed by atoms with E-state index in [9.17, 15) is 4.79 Å². The third kappa shape index (κ3) is 3.14. The smallest absolute Gasteiger partial charge is 0.255 e. The lowest BCUT2D eigenvalue weighted by atomic mass is 9.86. The second kappa shape index (κ2) is 6.29. The first-order chi connectivity index (χ1) is 9.52. The maximum Gasteiger partial charge on any atom is 0.255 e. The second-order valence-corrected chi connectivity index (χ2v) is 6.14. The molecular formula is C17H26N2O. The average Bonchev–Trinajstić information content (AvgIpc) is 2.45. The molecule has 0 spiro atoms. The van der Waals surface area contributed by atoms with E-state index in [1.165, 1.54) is 18.4 Å². The van der Waals surface area contributed by atoms with Gasteiger partial charge in [0.15, 0.2) is 0 Å². The molecule has 2 rings (SSSR count). The number of carbonyl (C=O) groups is 1. The first-order valence-corrected chi connectivity index (χ1v) is 7.58. The van der Waals surface area contributed by atoms with Crippen molar-refractivity contribution >= 4 is 11.6 Å². The van der Waals surface area contributed by atoms with Gasteiger partial charge in [-0.05, 0) is 43.4 Å². The number of anilines is 1. The van der Waals surface area contributed by atoms with E-state index in [4.69, 9.17) is 0 Å². The van der Waals surface area contributed by atoms with Crippen LogP contribution in [0.5, 0.6) is 0 Å². The standard InChI is InChI=1S/C17H26N2O/c1-12-6-5-7-14(10-12)19(4)17(20)15-9-8-13(2)11-16(15)18-3/h8-9,11-12,14,18H,5-7,10H2,1-4H3. The van der Waals surface area contributed by atoms with Gasteiger partial charge in [0.2, 0.25) is 0 Å². The van der Waals surface area contributed by atoms with Crippen LogP contribution < -0.4 is 5.32 Å². The van der Waals surface area contributed by atoms with Crippen molar-refractivity contribution in [2.45, 2.75) is 45.6 Å². The fourth-order valence-corrected chi connectivity index (χ4v) is 3.16. The molecule has 3 heteroatoms. The molecule has 1 saturated carbocycles. The molecule has 1 aromatic carbocycles. The molecular weight excluding hydrogens is 248 g/mol. The van der Waals surface area contributed by atoms with Crippen molar-refractivity contribution in [2.24, 2.45) is 5.92 Å². The number of benzene rings is 1. The zero-order valence-electron chi connectivity index (χ0n) is 13.1. The zero-order valence-corrected chi connectivity index (χ0v) is 13.1. The normalized spacial score (nSPS) is 22.4. The Hall–Kier alpha value is -1.51. The number of carbonyl (C=O) groups excluding carboxylic acids is 1. The molecule has 0 bridgehead atoms. The van der Waals surface area contributed by atoms with Gasteiger partial charge in [0.25, 0.3) is 5.91 Å². The quantitative estimate of drug-likeness (QED) is 0.911. The molecule has 1 aliphatic rings. The van der Waals surface area contributed by atoms with Crippen molar-refractivity contribution in [3.8, 4) is 0 Å². The molecule has 2 atom stereocenters. The SMILES string of the molecule is CNc1cc(C)ccc1C(=O)N(C)C1CCCC(C)C1. The molecule has 0 radical (unpaired) electrons. The molecule has 0 heterocycles. The number of rotatable bonds is 3. The van der Waals surface area contributed by atoms with E-state index in [-0.39, 0.29) is 5.91 Å². The highest BCUT2D eigenvalue weighted by molar-refractivity contribution is 5.99. The molecule has 110 valence electrons. The van der Waals surface area contributed by atoms with Crippen LogP contribution >= 0.6 is 0 Å². The minimum absolute atomic E-state index is 0.133. The van der Waals surface area contributed by atoms with E-state index in [0.29, 0.717) is 6.04 Å². The van der Waals surface area contributed by atoms with Crippen LogP contribution in [-0.4, -0.2) is 30.9 Å². The third-order valence-corrected chi connectivity index (χ3v) is 4.45. The number of hydrogen-bond donors (Lipinski definition) is 1. The average molecular weight is 274 g/mol. The number of hydrogen-bond acceptors (Lipinski definition) is 2. The van der Waals surface area contributed by atoms with E-state index in [1.54, 1.807) is 0 Å². The van der Waals surface area contributed by atoms with Gasteiger partial charge in [0.05, 0.1) is 5.56 Å². The van der Waals surface area contributed by atoms with Crippen LogP contribution in [0.3, 0.4) is 0 Å². The van der Waals surface area contributed by atoms with Crippen molar-refractivity contribution in [3.05, 3.63) is 29.3 Å². The minimum Gasteiger partial charge on any atom is -0.387 e. The fourth-order valence-electron chi connectivity index (χ4n) is 3.16. The molecule has 0 aliphatic heterocycles. The largest absolute Gasteiger partial charge is 0.387 e. The van der Waals surface area contributed by atoms with Crippen molar-refractivity contribution < 1.29 is 4.79 Å². The zero-order chi connectivity index (χ0) is 14.7. The predicted octanol–water partition coefficient (Wildman–Crippen LogP) is 3.69. The molecule has 1 aromatic rings. The van der Waals surface area contributed by atoms with Gasteiger partial charge in [-0.2, -0.15) is 0 Å². The Morgan fingerprint density at radius 1 is 1.35 bits per heavy atom. The fraction of sp³-hybridized carbons (Fsp3) is 0.588. The van der Waals surface area contributed by atoms with Crippen molar-refractivity contribution in [3.63, 3.8) is 0 Å². The summed E-state index contributed by atoms with van der Waals surface area (Å²) >= 11 is 0. The van der Waals surface area contributed by atoms with Crippen LogP contribution in [-0.2, 0) is 0 Å². The summed E-state index contributed by atoms with van der Waals surface area (Å²) in [6.07, 6.45) is 4.79. The van der Waals surface area contributed by atoms with Crippen LogP contribution in [0.15, 0.2) is 18.2 Å². The summed E-state index contributed by atoms with van der Waals surface area (Å²) in [5, 5.41) is 3.14. The Kier molecular flexibility index (Phi) is 4.69. The van der Waals surface area contributed by atoms with E-state index in [0.717, 1.165) is 30.0 Å². The highest BCUT2D eigenvalue weighted by Crippen LogP contribution is 2.28. The van der Waals surface area contributed by atoms with Gasteiger partial charge in [0.1, 0.15) is 0 Å². The Morgan fingerprint density at radius 3 is 2.75 bits per heavy atom. The Morgan fingerprint density at radius 2 is 2.10 bits per heavy atom. The monoisotopic (exact) mass is 274 g/mol. The molecule has 20 heavy (non-hydrogen) atoms. The Bertz CT molecular complexity index is 484. The summed E-state index contributed by atoms with van der Waals surface area (Å²) in [5.74, 6) is 0.860. The van der Waals surface area contributed by atoms with Gasteiger partial charge in [-0.3, -0.25) is 4.79 Å². The van der Waals surface area contributed by atoms with Gasteiger partial charge in [0, 0.05) is 25.8 Å². The summed E-state index contributed by atoms with van der Waals surface area (Å²) in [7, 11) is 3.82. The number of amides is 1. The highest BCUT2D eigenvalue weighted by Gasteiger charge is 2.26. The van der Waals surface area contributed by atoms with Crippen molar-refractivity contribution in [1.29, 1.82) is 0 Å². The van der Waals surface area contributed by atoms with Crippen LogP contribution in [0.4, 0.5) is 5.69 Å². The summed E-state index contributed by atoms with van der Waals surface area (Å²) in [4.78, 5) is 14.7. The minimum atomic E-state index is 0.133. The van der Waals surface area contributed by atoms with E-state index in [2.05, 4.69) is 12.2 Å². The predicted molar refractivity (Wildman–Crippen MR) is 84.2 cm³/mol. The van der Waals surface area contributed by atoms with Crippen LogP contribution in [0.1, 0.15) is 48.5 Å². The summed E-state index contributed by atoms with van der Waals surface area (Å²) in [5.41, 5.74) is 2.87. The van der Waals surface area contributed by atoms with E-state index in [1.807, 2.05) is 44.1 Å². The first-order valence-electron chi connectivity index (χ1n) is 7.58. The lowest BCUT2D eigenvalue weighted by Gasteiger charge is -2.34. The summed E-state index contributed by atoms with van der Waals surface area (Å²) in [6.45, 7) is 4.33. The lowest BCUT2D eigenvalue weighted by molar-refractivity contribution is 0.0673. The Balaban J connectivity index is 2.18. The van der Waals surface area contributed by atoms with Gasteiger partial charge in [-0.25, -0.2) is 0 Å². The maximum absolute atomic E-state index is 12.7. The number of nitrogens with one attached hydrogen (secondary N) is 1. The molecule has 2 unspecified atom stereocenters. The molecule has 1 amide bonds. The maximum atomic E-state index is 12.7. The highest BCUT2D eigenvalue weighted by atomic mass is 16.2. The van der Waals surface area contributed by atoms with E-state index < -0.39 is 0 Å². The Labute approximate surface area is 122 Å².